The fourth-order valence-corrected chi connectivity index (χ4v) is 3.94. The Bertz CT molecular complexity index is 537. The molecule has 5 nitrogen and oxygen atoms in total. The van der Waals surface area contributed by atoms with Gasteiger partial charge in [0.1, 0.15) is 0 Å². The van der Waals surface area contributed by atoms with Gasteiger partial charge in [0.05, 0.1) is 0 Å². The summed E-state index contributed by atoms with van der Waals surface area (Å²) in [6, 6.07) is 0. The minimum atomic E-state index is 0.0166. The summed E-state index contributed by atoms with van der Waals surface area (Å²) in [5, 5.41) is 7.56. The van der Waals surface area contributed by atoms with Gasteiger partial charge >= 0.3 is 0 Å². The summed E-state index contributed by atoms with van der Waals surface area (Å²) in [5.74, 6) is 0.736. The Balaban J connectivity index is 1.54. The molecule has 1 saturated heterocycles. The van der Waals surface area contributed by atoms with Gasteiger partial charge in [0.25, 0.3) is 5.91 Å². The Kier molecular flexibility index (Phi) is 4.81. The first-order valence-electron chi connectivity index (χ1n) is 8.66. The number of likely N-dealkylation sites (tertiary alicyclic amines) is 1. The molecule has 22 heavy (non-hydrogen) atoms. The SMILES string of the molecule is CN1CCCC(CCNC(=O)c2nn(C)c3c2CCCC3)C1. The number of nitrogens with one attached hydrogen (secondary N) is 1. The minimum Gasteiger partial charge on any atom is -0.351 e. The molecule has 1 N–H and O–H groups in total. The van der Waals surface area contributed by atoms with E-state index >= 15 is 0 Å². The van der Waals surface area contributed by atoms with Crippen LogP contribution in [0.2, 0.25) is 0 Å². The molecule has 2 aliphatic rings. The summed E-state index contributed by atoms with van der Waals surface area (Å²) in [4.78, 5) is 14.8. The fourth-order valence-electron chi connectivity index (χ4n) is 3.94. The van der Waals surface area contributed by atoms with Crippen molar-refractivity contribution in [3.63, 3.8) is 0 Å². The zero-order valence-corrected chi connectivity index (χ0v) is 13.9. The molecule has 0 saturated carbocycles. The highest BCUT2D eigenvalue weighted by Crippen LogP contribution is 2.24. The summed E-state index contributed by atoms with van der Waals surface area (Å²) in [6.07, 6.45) is 8.09. The lowest BCUT2D eigenvalue weighted by molar-refractivity contribution is 0.0941. The predicted octanol–water partition coefficient (Wildman–Crippen LogP) is 1.76. The molecule has 1 aliphatic heterocycles. The van der Waals surface area contributed by atoms with E-state index < -0.39 is 0 Å². The fraction of sp³-hybridized carbons (Fsp3) is 0.765. The summed E-state index contributed by atoms with van der Waals surface area (Å²) >= 11 is 0. The van der Waals surface area contributed by atoms with Crippen LogP contribution in [0.1, 0.15) is 53.8 Å². The standard InChI is InChI=1S/C17H28N4O/c1-20-11-5-6-13(12-20)9-10-18-17(22)16-14-7-3-4-8-15(14)21(2)19-16/h13H,3-12H2,1-2H3,(H,18,22). The molecule has 1 atom stereocenters. The number of aromatic nitrogens is 2. The summed E-state index contributed by atoms with van der Waals surface area (Å²) in [7, 11) is 4.14. The van der Waals surface area contributed by atoms with Crippen molar-refractivity contribution in [2.24, 2.45) is 13.0 Å². The van der Waals surface area contributed by atoms with Crippen molar-refractivity contribution >= 4 is 5.91 Å². The third-order valence-electron chi connectivity index (χ3n) is 5.14. The normalized spacial score (nSPS) is 22.4. The number of nitrogens with zero attached hydrogens (tertiary/aromatic N) is 3. The number of carbonyl (C=O) groups excluding carboxylic acids is 1. The summed E-state index contributed by atoms with van der Waals surface area (Å²) in [5.41, 5.74) is 3.10. The number of fused-ring (bicyclic) bond motifs is 1. The molecule has 0 bridgehead atoms. The Hall–Kier alpha value is -1.36. The van der Waals surface area contributed by atoms with Crippen LogP contribution in [0.4, 0.5) is 0 Å². The van der Waals surface area contributed by atoms with Gasteiger partial charge in [0, 0.05) is 31.4 Å². The molecule has 3 rings (SSSR count). The van der Waals surface area contributed by atoms with E-state index in [2.05, 4.69) is 22.4 Å². The number of hydrogen-bond donors (Lipinski definition) is 1. The molecule has 1 fully saturated rings. The summed E-state index contributed by atoms with van der Waals surface area (Å²) < 4.78 is 1.90. The van der Waals surface area contributed by atoms with Crippen LogP contribution in [0.25, 0.3) is 0 Å². The molecule has 5 heteroatoms. The molecule has 2 heterocycles. The van der Waals surface area contributed by atoms with Crippen molar-refractivity contribution in [3.05, 3.63) is 17.0 Å². The number of aryl methyl sites for hydroxylation is 1. The maximum atomic E-state index is 12.4. The van der Waals surface area contributed by atoms with E-state index in [1.165, 1.54) is 43.5 Å². The Morgan fingerprint density at radius 1 is 1.27 bits per heavy atom. The Labute approximate surface area is 133 Å². The van der Waals surface area contributed by atoms with Crippen LogP contribution in [-0.2, 0) is 19.9 Å². The van der Waals surface area contributed by atoms with Crippen LogP contribution in [0.5, 0.6) is 0 Å². The van der Waals surface area contributed by atoms with Crippen molar-refractivity contribution in [2.75, 3.05) is 26.7 Å². The van der Waals surface area contributed by atoms with Crippen LogP contribution in [-0.4, -0.2) is 47.3 Å². The van der Waals surface area contributed by atoms with Gasteiger partial charge in [0.2, 0.25) is 0 Å². The second kappa shape index (κ2) is 6.82. The van der Waals surface area contributed by atoms with E-state index in [9.17, 15) is 4.79 Å². The first-order valence-corrected chi connectivity index (χ1v) is 8.66. The van der Waals surface area contributed by atoms with Gasteiger partial charge in [-0.05, 0) is 64.5 Å². The van der Waals surface area contributed by atoms with Gasteiger partial charge in [-0.15, -0.1) is 0 Å². The smallest absolute Gasteiger partial charge is 0.272 e. The van der Waals surface area contributed by atoms with Crippen LogP contribution < -0.4 is 5.32 Å². The quantitative estimate of drug-likeness (QED) is 0.922. The topological polar surface area (TPSA) is 50.2 Å². The van der Waals surface area contributed by atoms with Crippen LogP contribution in [0, 0.1) is 5.92 Å². The maximum Gasteiger partial charge on any atom is 0.272 e. The zero-order valence-electron chi connectivity index (χ0n) is 13.9. The highest BCUT2D eigenvalue weighted by molar-refractivity contribution is 5.94. The maximum absolute atomic E-state index is 12.4. The molecule has 0 radical (unpaired) electrons. The van der Waals surface area contributed by atoms with E-state index in [0.717, 1.165) is 38.3 Å². The average Bonchev–Trinajstić information content (AvgIpc) is 2.85. The van der Waals surface area contributed by atoms with E-state index in [0.29, 0.717) is 5.69 Å². The second-order valence-corrected chi connectivity index (χ2v) is 6.92. The lowest BCUT2D eigenvalue weighted by Gasteiger charge is -2.29. The molecule has 1 aromatic rings. The van der Waals surface area contributed by atoms with Crippen molar-refractivity contribution in [3.8, 4) is 0 Å². The lowest BCUT2D eigenvalue weighted by atomic mass is 9.94. The van der Waals surface area contributed by atoms with Crippen LogP contribution in [0.3, 0.4) is 0 Å². The molecule has 122 valence electrons. The third-order valence-corrected chi connectivity index (χ3v) is 5.14. The zero-order chi connectivity index (χ0) is 15.5. The molecule has 1 aliphatic carbocycles. The highest BCUT2D eigenvalue weighted by atomic mass is 16.1. The Morgan fingerprint density at radius 2 is 2.09 bits per heavy atom. The molecule has 1 unspecified atom stereocenters. The molecule has 0 spiro atoms. The predicted molar refractivity (Wildman–Crippen MR) is 87.0 cm³/mol. The molecular weight excluding hydrogens is 276 g/mol. The third kappa shape index (κ3) is 3.35. The first kappa shape index (κ1) is 15.5. The number of amides is 1. The van der Waals surface area contributed by atoms with Gasteiger partial charge in [0.15, 0.2) is 5.69 Å². The van der Waals surface area contributed by atoms with E-state index in [1.807, 2.05) is 11.7 Å². The van der Waals surface area contributed by atoms with Gasteiger partial charge in [-0.2, -0.15) is 5.10 Å². The number of hydrogen-bond acceptors (Lipinski definition) is 3. The molecular formula is C17H28N4O. The summed E-state index contributed by atoms with van der Waals surface area (Å²) in [6.45, 7) is 3.14. The van der Waals surface area contributed by atoms with Crippen LogP contribution in [0.15, 0.2) is 0 Å². The largest absolute Gasteiger partial charge is 0.351 e. The molecule has 1 amide bonds. The van der Waals surface area contributed by atoms with Gasteiger partial charge in [-0.25, -0.2) is 0 Å². The molecule has 0 aromatic carbocycles. The lowest BCUT2D eigenvalue weighted by Crippen LogP contribution is -2.34. The Morgan fingerprint density at radius 3 is 2.91 bits per heavy atom. The van der Waals surface area contributed by atoms with E-state index in [4.69, 9.17) is 0 Å². The van der Waals surface area contributed by atoms with E-state index in [1.54, 1.807) is 0 Å². The van der Waals surface area contributed by atoms with Gasteiger partial charge in [-0.1, -0.05) is 0 Å². The number of piperidine rings is 1. The minimum absolute atomic E-state index is 0.0166. The van der Waals surface area contributed by atoms with Crippen molar-refractivity contribution < 1.29 is 4.79 Å². The van der Waals surface area contributed by atoms with Gasteiger partial charge in [-0.3, -0.25) is 9.48 Å². The molecule has 1 aromatic heterocycles. The highest BCUT2D eigenvalue weighted by Gasteiger charge is 2.24. The first-order chi connectivity index (χ1) is 10.6. The van der Waals surface area contributed by atoms with Crippen molar-refractivity contribution in [2.45, 2.75) is 44.9 Å². The number of carbonyl (C=O) groups is 1. The van der Waals surface area contributed by atoms with Crippen molar-refractivity contribution in [1.29, 1.82) is 0 Å². The van der Waals surface area contributed by atoms with E-state index in [-0.39, 0.29) is 5.91 Å². The monoisotopic (exact) mass is 304 g/mol. The van der Waals surface area contributed by atoms with Crippen molar-refractivity contribution in [1.82, 2.24) is 20.0 Å². The van der Waals surface area contributed by atoms with Gasteiger partial charge < -0.3 is 10.2 Å². The second-order valence-electron chi connectivity index (χ2n) is 6.92. The average molecular weight is 304 g/mol. The van der Waals surface area contributed by atoms with Crippen LogP contribution >= 0.6 is 0 Å². The number of rotatable bonds is 4.